The summed E-state index contributed by atoms with van der Waals surface area (Å²) < 4.78 is 1.90. The molecule has 0 saturated heterocycles. The smallest absolute Gasteiger partial charge is 0.274 e. The van der Waals surface area contributed by atoms with E-state index in [0.717, 1.165) is 25.0 Å². The van der Waals surface area contributed by atoms with Crippen molar-refractivity contribution < 1.29 is 0 Å². The highest BCUT2D eigenvalue weighted by atomic mass is 16.1. The summed E-state index contributed by atoms with van der Waals surface area (Å²) in [5.41, 5.74) is 7.15. The average molecular weight is 206 g/mol. The molecule has 2 N–H and O–H groups in total. The van der Waals surface area contributed by atoms with Crippen LogP contribution in [0.3, 0.4) is 0 Å². The van der Waals surface area contributed by atoms with E-state index < -0.39 is 0 Å². The predicted octanol–water partition coefficient (Wildman–Crippen LogP) is 1.96. The fraction of sp³-hybridized carbons (Fsp3) is 0.583. The summed E-state index contributed by atoms with van der Waals surface area (Å²) >= 11 is 0. The van der Waals surface area contributed by atoms with Gasteiger partial charge in [-0.05, 0) is 37.3 Å². The highest BCUT2D eigenvalue weighted by Gasteiger charge is 2.27. The minimum atomic E-state index is -0.00403. The molecule has 1 aromatic rings. The van der Waals surface area contributed by atoms with Gasteiger partial charge in [0.2, 0.25) is 0 Å². The fourth-order valence-electron chi connectivity index (χ4n) is 1.92. The van der Waals surface area contributed by atoms with Crippen LogP contribution in [0.15, 0.2) is 16.9 Å². The Bertz CT molecular complexity index is 416. The Morgan fingerprint density at radius 1 is 1.47 bits per heavy atom. The van der Waals surface area contributed by atoms with Crippen LogP contribution in [0, 0.1) is 5.92 Å². The molecule has 0 bridgehead atoms. The quantitative estimate of drug-likeness (QED) is 0.821. The second-order valence-corrected chi connectivity index (χ2v) is 4.78. The zero-order valence-corrected chi connectivity index (χ0v) is 9.36. The van der Waals surface area contributed by atoms with Crippen LogP contribution in [0.4, 0.5) is 5.69 Å². The van der Waals surface area contributed by atoms with E-state index in [0.29, 0.717) is 17.6 Å². The second-order valence-electron chi connectivity index (χ2n) is 4.78. The SMILES string of the molecule is CC(C)Cc1ccc(N)c(=O)n1C1CC1. The van der Waals surface area contributed by atoms with Gasteiger partial charge in [-0.1, -0.05) is 13.8 Å². The van der Waals surface area contributed by atoms with Crippen molar-refractivity contribution in [2.24, 2.45) is 5.92 Å². The monoisotopic (exact) mass is 206 g/mol. The molecule has 1 aliphatic rings. The van der Waals surface area contributed by atoms with Gasteiger partial charge in [-0.2, -0.15) is 0 Å². The van der Waals surface area contributed by atoms with Gasteiger partial charge < -0.3 is 10.3 Å². The topological polar surface area (TPSA) is 48.0 Å². The number of nitrogen functional groups attached to an aromatic ring is 1. The lowest BCUT2D eigenvalue weighted by molar-refractivity contribution is 0.577. The van der Waals surface area contributed by atoms with E-state index in [1.54, 1.807) is 6.07 Å². The van der Waals surface area contributed by atoms with E-state index in [1.165, 1.54) is 0 Å². The predicted molar refractivity (Wildman–Crippen MR) is 61.9 cm³/mol. The minimum absolute atomic E-state index is 0.00403. The first kappa shape index (κ1) is 10.3. The highest BCUT2D eigenvalue weighted by Crippen LogP contribution is 2.35. The van der Waals surface area contributed by atoms with E-state index in [-0.39, 0.29) is 5.56 Å². The Hall–Kier alpha value is -1.25. The van der Waals surface area contributed by atoms with Crippen molar-refractivity contribution in [3.63, 3.8) is 0 Å². The van der Waals surface area contributed by atoms with Crippen LogP contribution in [0.5, 0.6) is 0 Å². The van der Waals surface area contributed by atoms with E-state index >= 15 is 0 Å². The molecular weight excluding hydrogens is 188 g/mol. The lowest BCUT2D eigenvalue weighted by atomic mass is 10.1. The number of pyridine rings is 1. The molecule has 1 aromatic heterocycles. The molecular formula is C12H18N2O. The van der Waals surface area contributed by atoms with Gasteiger partial charge in [0.1, 0.15) is 0 Å². The molecule has 0 spiro atoms. The number of rotatable bonds is 3. The summed E-state index contributed by atoms with van der Waals surface area (Å²) in [4.78, 5) is 11.9. The third-order valence-corrected chi connectivity index (χ3v) is 2.76. The summed E-state index contributed by atoms with van der Waals surface area (Å²) in [5, 5.41) is 0. The molecule has 0 unspecified atom stereocenters. The van der Waals surface area contributed by atoms with Crippen molar-refractivity contribution in [3.05, 3.63) is 28.2 Å². The molecule has 1 heterocycles. The third kappa shape index (κ3) is 2.06. The number of nitrogens with zero attached hydrogens (tertiary/aromatic N) is 1. The molecule has 0 atom stereocenters. The van der Waals surface area contributed by atoms with Crippen LogP contribution in [0.1, 0.15) is 38.4 Å². The standard InChI is InChI=1S/C12H18N2O/c1-8(2)7-10-5-6-11(13)12(15)14(10)9-3-4-9/h5-6,8-9H,3-4,7,13H2,1-2H3. The third-order valence-electron chi connectivity index (χ3n) is 2.76. The van der Waals surface area contributed by atoms with Gasteiger partial charge >= 0.3 is 0 Å². The van der Waals surface area contributed by atoms with Gasteiger partial charge in [0.25, 0.3) is 5.56 Å². The van der Waals surface area contributed by atoms with Crippen molar-refractivity contribution in [2.45, 2.75) is 39.2 Å². The molecule has 3 nitrogen and oxygen atoms in total. The molecule has 1 aliphatic carbocycles. The molecule has 82 valence electrons. The van der Waals surface area contributed by atoms with Gasteiger partial charge in [0.05, 0.1) is 5.69 Å². The summed E-state index contributed by atoms with van der Waals surface area (Å²) in [7, 11) is 0. The van der Waals surface area contributed by atoms with Gasteiger partial charge in [0.15, 0.2) is 0 Å². The largest absolute Gasteiger partial charge is 0.394 e. The van der Waals surface area contributed by atoms with Crippen LogP contribution in [0.25, 0.3) is 0 Å². The lowest BCUT2D eigenvalue weighted by Gasteiger charge is -2.14. The fourth-order valence-corrected chi connectivity index (χ4v) is 1.92. The molecule has 2 rings (SSSR count). The maximum atomic E-state index is 11.9. The number of nitrogens with two attached hydrogens (primary N) is 1. The van der Waals surface area contributed by atoms with Gasteiger partial charge in [-0.25, -0.2) is 0 Å². The van der Waals surface area contributed by atoms with E-state index in [4.69, 9.17) is 5.73 Å². The van der Waals surface area contributed by atoms with Crippen molar-refractivity contribution >= 4 is 5.69 Å². The first-order valence-corrected chi connectivity index (χ1v) is 5.59. The Kier molecular flexibility index (Phi) is 2.55. The molecule has 15 heavy (non-hydrogen) atoms. The van der Waals surface area contributed by atoms with Crippen LogP contribution in [-0.4, -0.2) is 4.57 Å². The van der Waals surface area contributed by atoms with Crippen molar-refractivity contribution in [3.8, 4) is 0 Å². The summed E-state index contributed by atoms with van der Waals surface area (Å²) in [6.07, 6.45) is 3.19. The van der Waals surface area contributed by atoms with Crippen molar-refractivity contribution in [1.82, 2.24) is 4.57 Å². The first-order chi connectivity index (χ1) is 7.09. The van der Waals surface area contributed by atoms with Gasteiger partial charge in [0, 0.05) is 11.7 Å². The van der Waals surface area contributed by atoms with Crippen LogP contribution < -0.4 is 11.3 Å². The Labute approximate surface area is 89.9 Å². The Balaban J connectivity index is 2.44. The maximum Gasteiger partial charge on any atom is 0.274 e. The zero-order chi connectivity index (χ0) is 11.0. The molecule has 1 fully saturated rings. The summed E-state index contributed by atoms with van der Waals surface area (Å²) in [6, 6.07) is 4.14. The van der Waals surface area contributed by atoms with E-state index in [9.17, 15) is 4.79 Å². The molecule has 0 amide bonds. The number of hydrogen-bond donors (Lipinski definition) is 1. The van der Waals surface area contributed by atoms with Gasteiger partial charge in [-0.15, -0.1) is 0 Å². The second kappa shape index (κ2) is 3.72. The first-order valence-electron chi connectivity index (χ1n) is 5.59. The Morgan fingerprint density at radius 3 is 2.67 bits per heavy atom. The lowest BCUT2D eigenvalue weighted by Crippen LogP contribution is -2.25. The number of aromatic nitrogens is 1. The minimum Gasteiger partial charge on any atom is -0.394 e. The van der Waals surface area contributed by atoms with Crippen molar-refractivity contribution in [2.75, 3.05) is 5.73 Å². The van der Waals surface area contributed by atoms with Crippen LogP contribution in [0.2, 0.25) is 0 Å². The molecule has 0 aliphatic heterocycles. The molecule has 1 saturated carbocycles. The van der Waals surface area contributed by atoms with Crippen LogP contribution in [-0.2, 0) is 6.42 Å². The number of anilines is 1. The maximum absolute atomic E-state index is 11.9. The van der Waals surface area contributed by atoms with Crippen molar-refractivity contribution in [1.29, 1.82) is 0 Å². The zero-order valence-electron chi connectivity index (χ0n) is 9.36. The highest BCUT2D eigenvalue weighted by molar-refractivity contribution is 5.36. The number of hydrogen-bond acceptors (Lipinski definition) is 2. The van der Waals surface area contributed by atoms with Gasteiger partial charge in [-0.3, -0.25) is 4.79 Å². The average Bonchev–Trinajstić information content (AvgIpc) is 2.94. The molecule has 3 heteroatoms. The molecule has 0 radical (unpaired) electrons. The normalized spacial score (nSPS) is 15.9. The Morgan fingerprint density at radius 2 is 2.13 bits per heavy atom. The van der Waals surface area contributed by atoms with E-state index in [2.05, 4.69) is 13.8 Å². The van der Waals surface area contributed by atoms with Crippen LogP contribution >= 0.6 is 0 Å². The van der Waals surface area contributed by atoms with E-state index in [1.807, 2.05) is 10.6 Å². The molecule has 0 aromatic carbocycles. The summed E-state index contributed by atoms with van der Waals surface area (Å²) in [6.45, 7) is 4.33. The summed E-state index contributed by atoms with van der Waals surface area (Å²) in [5.74, 6) is 0.568.